The fourth-order valence-corrected chi connectivity index (χ4v) is 3.83. The Bertz CT molecular complexity index is 561. The molecule has 0 radical (unpaired) electrons. The monoisotopic (exact) mass is 330 g/mol. The van der Waals surface area contributed by atoms with E-state index in [9.17, 15) is 4.79 Å². The maximum atomic E-state index is 12.6. The van der Waals surface area contributed by atoms with Crippen molar-refractivity contribution in [2.75, 3.05) is 32.8 Å². The summed E-state index contributed by atoms with van der Waals surface area (Å²) in [4.78, 5) is 17.3. The van der Waals surface area contributed by atoms with E-state index in [0.717, 1.165) is 56.8 Å². The van der Waals surface area contributed by atoms with E-state index in [2.05, 4.69) is 18.7 Å². The minimum Gasteiger partial charge on any atom is -0.381 e. The van der Waals surface area contributed by atoms with Crippen LogP contribution in [0.15, 0.2) is 24.3 Å². The van der Waals surface area contributed by atoms with Crippen molar-refractivity contribution in [3.8, 4) is 0 Å². The van der Waals surface area contributed by atoms with Gasteiger partial charge in [-0.05, 0) is 37.8 Å². The van der Waals surface area contributed by atoms with Crippen molar-refractivity contribution < 1.29 is 9.53 Å². The van der Waals surface area contributed by atoms with Crippen molar-refractivity contribution in [2.24, 2.45) is 5.92 Å². The summed E-state index contributed by atoms with van der Waals surface area (Å²) in [5.41, 5.74) is 1.96. The summed E-state index contributed by atoms with van der Waals surface area (Å²) in [7, 11) is 0. The molecule has 0 spiro atoms. The van der Waals surface area contributed by atoms with Gasteiger partial charge < -0.3 is 9.64 Å². The second kappa shape index (κ2) is 7.66. The molecule has 3 rings (SSSR count). The second-order valence-corrected chi connectivity index (χ2v) is 7.67. The molecule has 1 aromatic rings. The third-order valence-electron chi connectivity index (χ3n) is 5.12. The normalized spacial score (nSPS) is 19.8. The summed E-state index contributed by atoms with van der Waals surface area (Å²) >= 11 is 0. The number of carbonyl (C=O) groups excluding carboxylic acids is 1. The van der Waals surface area contributed by atoms with E-state index in [1.807, 2.05) is 36.1 Å². The van der Waals surface area contributed by atoms with E-state index >= 15 is 0 Å². The van der Waals surface area contributed by atoms with Crippen LogP contribution in [0.25, 0.3) is 0 Å². The fourth-order valence-electron chi connectivity index (χ4n) is 3.83. The maximum Gasteiger partial charge on any atom is 0.253 e. The van der Waals surface area contributed by atoms with E-state index in [1.54, 1.807) is 0 Å². The molecule has 4 nitrogen and oxygen atoms in total. The van der Waals surface area contributed by atoms with Crippen LogP contribution < -0.4 is 0 Å². The van der Waals surface area contributed by atoms with Gasteiger partial charge in [0.15, 0.2) is 0 Å². The second-order valence-electron chi connectivity index (χ2n) is 7.67. The van der Waals surface area contributed by atoms with Gasteiger partial charge in [-0.2, -0.15) is 0 Å². The van der Waals surface area contributed by atoms with Crippen molar-refractivity contribution >= 4 is 5.91 Å². The molecule has 0 saturated carbocycles. The molecule has 0 aliphatic carbocycles. The summed E-state index contributed by atoms with van der Waals surface area (Å²) in [6, 6.07) is 9.03. The molecule has 2 aliphatic rings. The molecule has 0 bridgehead atoms. The van der Waals surface area contributed by atoms with E-state index in [-0.39, 0.29) is 5.91 Å². The Morgan fingerprint density at radius 3 is 2.58 bits per heavy atom. The highest BCUT2D eigenvalue weighted by molar-refractivity contribution is 5.95. The highest BCUT2D eigenvalue weighted by atomic mass is 16.5. The average molecular weight is 330 g/mol. The van der Waals surface area contributed by atoms with Crippen LogP contribution in [0.1, 0.15) is 42.6 Å². The molecule has 0 atom stereocenters. The molecule has 4 heteroatoms. The quantitative estimate of drug-likeness (QED) is 0.832. The van der Waals surface area contributed by atoms with Gasteiger partial charge in [-0.3, -0.25) is 9.69 Å². The zero-order valence-electron chi connectivity index (χ0n) is 15.2. The lowest BCUT2D eigenvalue weighted by atomic mass is 9.97. The average Bonchev–Trinajstić information content (AvgIpc) is 2.53. The van der Waals surface area contributed by atoms with Crippen molar-refractivity contribution in [3.63, 3.8) is 0 Å². The summed E-state index contributed by atoms with van der Waals surface area (Å²) in [6.07, 6.45) is 2.24. The molecular weight excluding hydrogens is 300 g/mol. The highest BCUT2D eigenvalue weighted by Gasteiger charge is 2.38. The molecule has 1 aromatic carbocycles. The van der Waals surface area contributed by atoms with Crippen LogP contribution in [0.4, 0.5) is 0 Å². The lowest BCUT2D eigenvalue weighted by molar-refractivity contribution is -0.0294. The third kappa shape index (κ3) is 3.98. The first-order valence-electron chi connectivity index (χ1n) is 9.24. The number of benzene rings is 1. The minimum atomic E-state index is 0.173. The maximum absolute atomic E-state index is 12.6. The first-order valence-corrected chi connectivity index (χ1v) is 9.24. The number of hydrogen-bond acceptors (Lipinski definition) is 3. The Hall–Kier alpha value is -1.39. The van der Waals surface area contributed by atoms with Crippen molar-refractivity contribution in [2.45, 2.75) is 45.7 Å². The Labute approximate surface area is 145 Å². The van der Waals surface area contributed by atoms with Crippen molar-refractivity contribution in [1.29, 1.82) is 0 Å². The van der Waals surface area contributed by atoms with Gasteiger partial charge in [0.1, 0.15) is 0 Å². The van der Waals surface area contributed by atoms with E-state index in [4.69, 9.17) is 4.74 Å². The summed E-state index contributed by atoms with van der Waals surface area (Å²) < 4.78 is 5.52. The number of amides is 1. The van der Waals surface area contributed by atoms with E-state index in [1.165, 1.54) is 0 Å². The standard InChI is InChI=1S/C20H30N2O2/c1-15(2)12-22(18-7-9-24-10-8-18)19-13-21(14-19)20(23)17-6-4-5-16(3)11-17/h4-6,11,15,18-19H,7-10,12-14H2,1-3H3. The Morgan fingerprint density at radius 2 is 1.96 bits per heavy atom. The Morgan fingerprint density at radius 1 is 1.25 bits per heavy atom. The van der Waals surface area contributed by atoms with Gasteiger partial charge in [0.25, 0.3) is 5.91 Å². The summed E-state index contributed by atoms with van der Waals surface area (Å²) in [6.45, 7) is 11.2. The first kappa shape index (κ1) is 17.4. The Kier molecular flexibility index (Phi) is 5.57. The first-order chi connectivity index (χ1) is 11.5. The molecule has 1 amide bonds. The third-order valence-corrected chi connectivity index (χ3v) is 5.12. The van der Waals surface area contributed by atoms with Gasteiger partial charge in [0.2, 0.25) is 0 Å². The van der Waals surface area contributed by atoms with Crippen LogP contribution in [0.2, 0.25) is 0 Å². The van der Waals surface area contributed by atoms with Gasteiger partial charge in [-0.15, -0.1) is 0 Å². The van der Waals surface area contributed by atoms with Gasteiger partial charge in [-0.1, -0.05) is 31.5 Å². The van der Waals surface area contributed by atoms with Crippen LogP contribution in [0.5, 0.6) is 0 Å². The molecule has 2 saturated heterocycles. The van der Waals surface area contributed by atoms with Gasteiger partial charge in [0.05, 0.1) is 0 Å². The van der Waals surface area contributed by atoms with Gasteiger partial charge in [0, 0.05) is 50.5 Å². The minimum absolute atomic E-state index is 0.173. The number of likely N-dealkylation sites (tertiary alicyclic amines) is 1. The molecule has 24 heavy (non-hydrogen) atoms. The molecule has 2 fully saturated rings. The van der Waals surface area contributed by atoms with Crippen LogP contribution >= 0.6 is 0 Å². The topological polar surface area (TPSA) is 32.8 Å². The smallest absolute Gasteiger partial charge is 0.253 e. The number of carbonyl (C=O) groups is 1. The highest BCUT2D eigenvalue weighted by Crippen LogP contribution is 2.25. The van der Waals surface area contributed by atoms with Crippen molar-refractivity contribution in [3.05, 3.63) is 35.4 Å². The number of rotatable bonds is 5. The number of aryl methyl sites for hydroxylation is 1. The largest absolute Gasteiger partial charge is 0.381 e. The molecular formula is C20H30N2O2. The summed E-state index contributed by atoms with van der Waals surface area (Å²) in [5.74, 6) is 0.820. The zero-order chi connectivity index (χ0) is 17.1. The molecule has 2 aliphatic heterocycles. The number of hydrogen-bond donors (Lipinski definition) is 0. The lowest BCUT2D eigenvalue weighted by Gasteiger charge is -2.49. The zero-order valence-corrected chi connectivity index (χ0v) is 15.2. The van der Waals surface area contributed by atoms with Crippen LogP contribution in [0.3, 0.4) is 0 Å². The van der Waals surface area contributed by atoms with Crippen LogP contribution in [-0.2, 0) is 4.74 Å². The number of nitrogens with zero attached hydrogens (tertiary/aromatic N) is 2. The fraction of sp³-hybridized carbons (Fsp3) is 0.650. The van der Waals surface area contributed by atoms with Gasteiger partial charge >= 0.3 is 0 Å². The Balaban J connectivity index is 1.60. The molecule has 0 N–H and O–H groups in total. The van der Waals surface area contributed by atoms with Gasteiger partial charge in [-0.25, -0.2) is 0 Å². The SMILES string of the molecule is Cc1cccc(C(=O)N2CC(N(CC(C)C)C3CCOCC3)C2)c1. The van der Waals surface area contributed by atoms with E-state index in [0.29, 0.717) is 18.0 Å². The lowest BCUT2D eigenvalue weighted by Crippen LogP contribution is -2.64. The van der Waals surface area contributed by atoms with Crippen LogP contribution in [0, 0.1) is 12.8 Å². The molecule has 0 aromatic heterocycles. The van der Waals surface area contributed by atoms with E-state index < -0.39 is 0 Å². The summed E-state index contributed by atoms with van der Waals surface area (Å²) in [5, 5.41) is 0. The predicted octanol–water partition coefficient (Wildman–Crippen LogP) is 2.96. The predicted molar refractivity (Wildman–Crippen MR) is 96.3 cm³/mol. The van der Waals surface area contributed by atoms with Crippen LogP contribution in [-0.4, -0.2) is 60.6 Å². The number of ether oxygens (including phenoxy) is 1. The molecule has 2 heterocycles. The molecule has 132 valence electrons. The van der Waals surface area contributed by atoms with Crippen molar-refractivity contribution in [1.82, 2.24) is 9.80 Å². The molecule has 0 unspecified atom stereocenters.